The van der Waals surface area contributed by atoms with Crippen molar-refractivity contribution >= 4 is 38.8 Å². The second-order valence-corrected chi connectivity index (χ2v) is 6.73. The summed E-state index contributed by atoms with van der Waals surface area (Å²) in [5.74, 6) is 0.639. The Hall–Kier alpha value is -2.26. The topological polar surface area (TPSA) is 80.4 Å². The summed E-state index contributed by atoms with van der Waals surface area (Å²) in [6.07, 6.45) is 1.05. The van der Waals surface area contributed by atoms with Gasteiger partial charge in [0.2, 0.25) is 5.03 Å². The Kier molecular flexibility index (Phi) is 5.33. The maximum Gasteiger partial charge on any atom is 0.535 e. The van der Waals surface area contributed by atoms with Crippen LogP contribution in [0.1, 0.15) is 0 Å². The van der Waals surface area contributed by atoms with Gasteiger partial charge in [-0.3, -0.25) is 4.84 Å². The van der Waals surface area contributed by atoms with Gasteiger partial charge in [0.05, 0.1) is 0 Å². The fourth-order valence-electron chi connectivity index (χ4n) is 1.70. The number of nitrogens with one attached hydrogen (secondary N) is 1. The van der Waals surface area contributed by atoms with E-state index in [1.165, 1.54) is 0 Å². The number of benzene rings is 1. The molecular formula is C14H13N4O3S2+. The van der Waals surface area contributed by atoms with Gasteiger partial charge in [-0.2, -0.15) is 0 Å². The van der Waals surface area contributed by atoms with Gasteiger partial charge in [0, 0.05) is 28.7 Å². The molecule has 3 rings (SSSR count). The Morgan fingerprint density at radius 1 is 1.22 bits per heavy atom. The number of H-pyrrole nitrogens is 1. The van der Waals surface area contributed by atoms with E-state index in [1.807, 2.05) is 36.5 Å². The van der Waals surface area contributed by atoms with Crippen LogP contribution in [0.2, 0.25) is 0 Å². The molecule has 0 fully saturated rings. The Morgan fingerprint density at radius 3 is 2.96 bits per heavy atom. The van der Waals surface area contributed by atoms with Crippen LogP contribution in [0.5, 0.6) is 0 Å². The lowest BCUT2D eigenvalue weighted by Gasteiger charge is -2.04. The molecule has 0 aliphatic carbocycles. The van der Waals surface area contributed by atoms with Crippen molar-refractivity contribution in [2.75, 3.05) is 12.4 Å². The molecule has 2 heterocycles. The Morgan fingerprint density at radius 2 is 2.09 bits per heavy atom. The fraction of sp³-hybridized carbons (Fsp3) is 0.143. The number of hydrogen-bond donors (Lipinski definition) is 0. The summed E-state index contributed by atoms with van der Waals surface area (Å²) in [6.45, 7) is 0.246. The quantitative estimate of drug-likeness (QED) is 0.292. The molecule has 23 heavy (non-hydrogen) atoms. The lowest BCUT2D eigenvalue weighted by Crippen LogP contribution is -2.22. The van der Waals surface area contributed by atoms with Gasteiger partial charge < -0.3 is 4.74 Å². The van der Waals surface area contributed by atoms with E-state index >= 15 is 0 Å². The number of aromatic nitrogens is 4. The van der Waals surface area contributed by atoms with Crippen LogP contribution < -0.4 is 9.82 Å². The molecule has 0 atom stereocenters. The molecule has 0 unspecified atom stereocenters. The number of nitrogens with zero attached hydrogens (tertiary/aromatic N) is 3. The van der Waals surface area contributed by atoms with Gasteiger partial charge in [0.15, 0.2) is 6.20 Å². The first-order valence-corrected chi connectivity index (χ1v) is 9.06. The van der Waals surface area contributed by atoms with Gasteiger partial charge in [-0.1, -0.05) is 27.8 Å². The summed E-state index contributed by atoms with van der Waals surface area (Å²) in [5, 5.41) is 8.67. The molecule has 0 bridgehead atoms. The van der Waals surface area contributed by atoms with E-state index < -0.39 is 6.16 Å². The van der Waals surface area contributed by atoms with Gasteiger partial charge in [-0.25, -0.2) is 9.78 Å². The summed E-state index contributed by atoms with van der Waals surface area (Å²) < 4.78 is 5.01. The average molecular weight is 349 g/mol. The third-order valence-corrected chi connectivity index (χ3v) is 4.98. The van der Waals surface area contributed by atoms with Crippen molar-refractivity contribution < 1.29 is 19.4 Å². The Balaban J connectivity index is 1.40. The van der Waals surface area contributed by atoms with Gasteiger partial charge in [-0.05, 0) is 23.4 Å². The summed E-state index contributed by atoms with van der Waals surface area (Å²) in [4.78, 5) is 20.8. The van der Waals surface area contributed by atoms with Crippen molar-refractivity contribution in [3.8, 4) is 0 Å². The molecule has 1 aromatic carbocycles. The van der Waals surface area contributed by atoms with E-state index in [2.05, 4.69) is 15.3 Å². The van der Waals surface area contributed by atoms with Gasteiger partial charge in [0.1, 0.15) is 17.6 Å². The van der Waals surface area contributed by atoms with E-state index in [9.17, 15) is 4.79 Å². The summed E-state index contributed by atoms with van der Waals surface area (Å²) >= 11 is 0. The highest BCUT2D eigenvalue weighted by Gasteiger charge is 2.11. The zero-order valence-electron chi connectivity index (χ0n) is 11.9. The van der Waals surface area contributed by atoms with E-state index in [0.29, 0.717) is 16.8 Å². The van der Waals surface area contributed by atoms with Crippen molar-refractivity contribution in [1.29, 1.82) is 0 Å². The highest BCUT2D eigenvalue weighted by atomic mass is 33.1. The third kappa shape index (κ3) is 4.36. The summed E-state index contributed by atoms with van der Waals surface area (Å²) in [7, 11) is 3.16. The minimum absolute atomic E-state index is 0.246. The summed E-state index contributed by atoms with van der Waals surface area (Å²) in [5.41, 5.74) is 1.25. The third-order valence-electron chi connectivity index (χ3n) is 2.70. The van der Waals surface area contributed by atoms with Gasteiger partial charge >= 0.3 is 6.16 Å². The monoisotopic (exact) mass is 349 g/mol. The number of carbonyl (C=O) groups is 1. The molecule has 0 radical (unpaired) electrons. The van der Waals surface area contributed by atoms with Crippen LogP contribution in [-0.2, 0) is 4.74 Å². The normalized spacial score (nSPS) is 10.6. The van der Waals surface area contributed by atoms with Crippen molar-refractivity contribution in [2.45, 2.75) is 5.03 Å². The number of ether oxygens (including phenoxy) is 1. The second kappa shape index (κ2) is 7.84. The second-order valence-electron chi connectivity index (χ2n) is 4.27. The maximum atomic E-state index is 11.6. The van der Waals surface area contributed by atoms with Crippen LogP contribution in [0, 0.1) is 0 Å². The highest BCUT2D eigenvalue weighted by Crippen LogP contribution is 2.26. The largest absolute Gasteiger partial charge is 0.535 e. The van der Waals surface area contributed by atoms with Crippen LogP contribution in [-0.4, -0.2) is 33.7 Å². The number of aromatic amines is 1. The molecule has 2 aromatic heterocycles. The zero-order chi connectivity index (χ0) is 15.9. The zero-order valence-corrected chi connectivity index (χ0v) is 13.5. The van der Waals surface area contributed by atoms with Crippen molar-refractivity contribution in [3.63, 3.8) is 0 Å². The van der Waals surface area contributed by atoms with Gasteiger partial charge in [-0.15, -0.1) is 5.10 Å². The predicted molar refractivity (Wildman–Crippen MR) is 86.8 cm³/mol. The van der Waals surface area contributed by atoms with E-state index in [1.54, 1.807) is 33.7 Å². The number of fused-ring (bicyclic) bond motifs is 1. The molecule has 7 nitrogen and oxygen atoms in total. The Labute approximate surface area is 139 Å². The molecule has 0 aliphatic heterocycles. The van der Waals surface area contributed by atoms with Crippen molar-refractivity contribution in [2.24, 2.45) is 0 Å². The van der Waals surface area contributed by atoms with Gasteiger partial charge in [0.25, 0.3) is 0 Å². The van der Waals surface area contributed by atoms with Crippen LogP contribution in [0.4, 0.5) is 4.79 Å². The highest BCUT2D eigenvalue weighted by molar-refractivity contribution is 8.76. The first-order valence-electron chi connectivity index (χ1n) is 6.75. The minimum Gasteiger partial charge on any atom is -0.432 e. The molecule has 0 aliphatic rings. The lowest BCUT2D eigenvalue weighted by molar-refractivity contribution is -0.426. The maximum absolute atomic E-state index is 11.6. The molecule has 0 saturated heterocycles. The lowest BCUT2D eigenvalue weighted by atomic mass is 10.3. The Bertz CT molecular complexity index is 782. The summed E-state index contributed by atoms with van der Waals surface area (Å²) in [6, 6.07) is 13.0. The van der Waals surface area contributed by atoms with E-state index in [4.69, 9.17) is 9.57 Å². The number of pyridine rings is 1. The molecule has 0 spiro atoms. The first-order chi connectivity index (χ1) is 11.3. The molecule has 0 amide bonds. The van der Waals surface area contributed by atoms with Crippen LogP contribution in [0.25, 0.3) is 11.0 Å². The number of rotatable bonds is 6. The predicted octanol–water partition coefficient (Wildman–Crippen LogP) is 2.25. The van der Waals surface area contributed by atoms with Crippen LogP contribution in [0.15, 0.2) is 53.7 Å². The number of hydrogen-bond acceptors (Lipinski definition) is 7. The first kappa shape index (κ1) is 15.6. The standard InChI is InChI=1S/C14H12N4O3S2/c19-14(20-9-10-22-23-13-7-3-4-8-15-13)21-18-12-6-2-1-5-11(12)16-17-18/h1-8H,9-10H2/p+1. The van der Waals surface area contributed by atoms with Crippen molar-refractivity contribution in [1.82, 2.24) is 15.2 Å². The van der Waals surface area contributed by atoms with E-state index in [0.717, 1.165) is 9.87 Å². The fourth-order valence-corrected chi connectivity index (χ4v) is 3.46. The van der Waals surface area contributed by atoms with Crippen molar-refractivity contribution in [3.05, 3.63) is 48.7 Å². The van der Waals surface area contributed by atoms with Crippen LogP contribution in [0.3, 0.4) is 0 Å². The van der Waals surface area contributed by atoms with E-state index in [-0.39, 0.29) is 6.61 Å². The molecule has 0 saturated carbocycles. The smallest absolute Gasteiger partial charge is 0.432 e. The number of carbonyl (C=O) groups excluding carboxylic acids is 1. The molecule has 1 N–H and O–H groups in total. The molecule has 3 aromatic rings. The minimum atomic E-state index is -0.808. The average Bonchev–Trinajstić information content (AvgIpc) is 2.99. The molecule has 9 heteroatoms. The number of para-hydroxylation sites is 1. The molecule has 118 valence electrons. The molecular weight excluding hydrogens is 336 g/mol. The SMILES string of the molecule is O=C(OCCSSc1cccc[nH+]1)On1nnc2ccccc21. The van der Waals surface area contributed by atoms with Crippen LogP contribution >= 0.6 is 21.6 Å².